The summed E-state index contributed by atoms with van der Waals surface area (Å²) >= 11 is 12.5. The molecule has 86 valence electrons. The van der Waals surface area contributed by atoms with Crippen LogP contribution in [0.1, 0.15) is 0 Å². The lowest BCUT2D eigenvalue weighted by Gasteiger charge is -2.07. The Hall–Kier alpha value is -0.600. The Labute approximate surface area is 114 Å². The van der Waals surface area contributed by atoms with Crippen LogP contribution in [0.2, 0.25) is 0 Å². The summed E-state index contributed by atoms with van der Waals surface area (Å²) in [6.07, 6.45) is 0. The van der Waals surface area contributed by atoms with Crippen LogP contribution in [0.5, 0.6) is 0 Å². The summed E-state index contributed by atoms with van der Waals surface area (Å²) in [7, 11) is 0. The SMILES string of the molecule is O=C(Nc1cccc([N+](=O)[O-])c1I)C(Cl)Cl. The summed E-state index contributed by atoms with van der Waals surface area (Å²) in [5, 5.41) is 13.0. The van der Waals surface area contributed by atoms with Crippen molar-refractivity contribution in [1.29, 1.82) is 0 Å². The molecule has 0 aliphatic carbocycles. The number of anilines is 1. The van der Waals surface area contributed by atoms with E-state index in [1.165, 1.54) is 18.2 Å². The standard InChI is InChI=1S/C8H5Cl2IN2O3/c9-7(10)8(14)12-4-2-1-3-5(6(4)11)13(15)16/h1-3,7H,(H,12,14). The molecule has 0 saturated carbocycles. The highest BCUT2D eigenvalue weighted by atomic mass is 127. The molecular weight excluding hydrogens is 370 g/mol. The number of nitro groups is 1. The second kappa shape index (κ2) is 5.65. The van der Waals surface area contributed by atoms with Crippen LogP contribution in [0.3, 0.4) is 0 Å². The number of benzene rings is 1. The fourth-order valence-electron chi connectivity index (χ4n) is 0.945. The molecule has 1 rings (SSSR count). The van der Waals surface area contributed by atoms with Gasteiger partial charge in [-0.05, 0) is 28.7 Å². The average molecular weight is 375 g/mol. The van der Waals surface area contributed by atoms with Crippen LogP contribution in [0.15, 0.2) is 18.2 Å². The van der Waals surface area contributed by atoms with Gasteiger partial charge in [0.15, 0.2) is 4.84 Å². The molecule has 5 nitrogen and oxygen atoms in total. The van der Waals surface area contributed by atoms with Gasteiger partial charge in [0.1, 0.15) is 3.57 Å². The molecule has 0 fully saturated rings. The first kappa shape index (κ1) is 13.5. The highest BCUT2D eigenvalue weighted by Crippen LogP contribution is 2.28. The number of nitro benzene ring substituents is 1. The Balaban J connectivity index is 3.02. The third kappa shape index (κ3) is 3.19. The molecule has 0 radical (unpaired) electrons. The van der Waals surface area contributed by atoms with Crippen molar-refractivity contribution in [2.24, 2.45) is 0 Å². The summed E-state index contributed by atoms with van der Waals surface area (Å²) in [6.45, 7) is 0. The Morgan fingerprint density at radius 1 is 1.50 bits per heavy atom. The Bertz CT molecular complexity index is 439. The van der Waals surface area contributed by atoms with Gasteiger partial charge < -0.3 is 5.32 Å². The van der Waals surface area contributed by atoms with Gasteiger partial charge in [-0.2, -0.15) is 0 Å². The smallest absolute Gasteiger partial charge is 0.284 e. The van der Waals surface area contributed by atoms with E-state index in [4.69, 9.17) is 23.2 Å². The normalized spacial score (nSPS) is 10.2. The molecule has 1 N–H and O–H groups in total. The number of hydrogen-bond acceptors (Lipinski definition) is 3. The lowest BCUT2D eigenvalue weighted by atomic mass is 10.3. The van der Waals surface area contributed by atoms with E-state index in [9.17, 15) is 14.9 Å². The fraction of sp³-hybridized carbons (Fsp3) is 0.125. The van der Waals surface area contributed by atoms with Crippen LogP contribution in [0, 0.1) is 13.7 Å². The second-order valence-electron chi connectivity index (χ2n) is 2.69. The van der Waals surface area contributed by atoms with E-state index in [0.29, 0.717) is 9.26 Å². The van der Waals surface area contributed by atoms with Crippen LogP contribution in [-0.4, -0.2) is 15.7 Å². The summed E-state index contributed by atoms with van der Waals surface area (Å²) in [5.74, 6) is -0.623. The molecule has 0 aromatic heterocycles. The third-order valence-corrected chi connectivity index (χ3v) is 3.16. The number of carbonyl (C=O) groups is 1. The predicted octanol–water partition coefficient (Wildman–Crippen LogP) is 2.94. The number of amides is 1. The van der Waals surface area contributed by atoms with E-state index in [-0.39, 0.29) is 5.69 Å². The van der Waals surface area contributed by atoms with Crippen LogP contribution >= 0.6 is 45.8 Å². The molecule has 1 amide bonds. The van der Waals surface area contributed by atoms with Gasteiger partial charge in [0.25, 0.3) is 11.6 Å². The molecule has 8 heteroatoms. The summed E-state index contributed by atoms with van der Waals surface area (Å²) in [5.41, 5.74) is 0.227. The molecule has 0 unspecified atom stereocenters. The van der Waals surface area contributed by atoms with E-state index in [0.717, 1.165) is 0 Å². The molecule has 0 aliphatic rings. The molecule has 0 spiro atoms. The van der Waals surface area contributed by atoms with Gasteiger partial charge in [0.2, 0.25) is 0 Å². The second-order valence-corrected chi connectivity index (χ2v) is 4.86. The lowest BCUT2D eigenvalue weighted by Crippen LogP contribution is -2.19. The topological polar surface area (TPSA) is 72.2 Å². The molecule has 16 heavy (non-hydrogen) atoms. The van der Waals surface area contributed by atoms with Gasteiger partial charge in [0, 0.05) is 6.07 Å². The largest absolute Gasteiger partial charge is 0.323 e. The maximum absolute atomic E-state index is 11.2. The number of alkyl halides is 2. The molecule has 0 bridgehead atoms. The van der Waals surface area contributed by atoms with Gasteiger partial charge in [0.05, 0.1) is 10.6 Å². The summed E-state index contributed by atoms with van der Waals surface area (Å²) in [4.78, 5) is 20.1. The van der Waals surface area contributed by atoms with Gasteiger partial charge in [-0.15, -0.1) is 0 Å². The number of carbonyl (C=O) groups excluding carboxylic acids is 1. The van der Waals surface area contributed by atoms with Crippen LogP contribution in [-0.2, 0) is 4.79 Å². The highest BCUT2D eigenvalue weighted by Gasteiger charge is 2.18. The lowest BCUT2D eigenvalue weighted by molar-refractivity contribution is -0.385. The minimum Gasteiger partial charge on any atom is -0.323 e. The third-order valence-electron chi connectivity index (χ3n) is 1.63. The highest BCUT2D eigenvalue weighted by molar-refractivity contribution is 14.1. The molecule has 1 aromatic rings. The molecule has 0 saturated heterocycles. The monoisotopic (exact) mass is 374 g/mol. The first-order valence-corrected chi connectivity index (χ1v) is 5.90. The van der Waals surface area contributed by atoms with Gasteiger partial charge >= 0.3 is 0 Å². The molecule has 0 atom stereocenters. The average Bonchev–Trinajstić information content (AvgIpc) is 2.20. The quantitative estimate of drug-likeness (QED) is 0.382. The van der Waals surface area contributed by atoms with Crippen molar-refractivity contribution in [3.8, 4) is 0 Å². The Kier molecular flexibility index (Phi) is 4.75. The van der Waals surface area contributed by atoms with Crippen molar-refractivity contribution in [2.45, 2.75) is 4.84 Å². The summed E-state index contributed by atoms with van der Waals surface area (Å²) < 4.78 is 0.326. The predicted molar refractivity (Wildman–Crippen MR) is 69.9 cm³/mol. The zero-order chi connectivity index (χ0) is 12.3. The molecule has 0 aliphatic heterocycles. The molecule has 1 aromatic carbocycles. The van der Waals surface area contributed by atoms with Crippen molar-refractivity contribution in [3.05, 3.63) is 31.9 Å². The van der Waals surface area contributed by atoms with Crippen molar-refractivity contribution >= 4 is 63.1 Å². The van der Waals surface area contributed by atoms with E-state index in [2.05, 4.69) is 5.32 Å². The number of halogens is 3. The number of hydrogen-bond donors (Lipinski definition) is 1. The van der Waals surface area contributed by atoms with Crippen molar-refractivity contribution in [2.75, 3.05) is 5.32 Å². The minimum atomic E-state index is -1.21. The maximum atomic E-state index is 11.2. The minimum absolute atomic E-state index is 0.0842. The zero-order valence-electron chi connectivity index (χ0n) is 7.62. The van der Waals surface area contributed by atoms with E-state index < -0.39 is 15.7 Å². The first-order chi connectivity index (χ1) is 7.43. The molecule has 0 heterocycles. The number of nitrogens with one attached hydrogen (secondary N) is 1. The number of nitrogens with zero attached hydrogens (tertiary/aromatic N) is 1. The van der Waals surface area contributed by atoms with Crippen molar-refractivity contribution < 1.29 is 9.72 Å². The molecular formula is C8H5Cl2IN2O3. The van der Waals surface area contributed by atoms with E-state index in [1.54, 1.807) is 22.6 Å². The van der Waals surface area contributed by atoms with Gasteiger partial charge in [-0.25, -0.2) is 0 Å². The van der Waals surface area contributed by atoms with Gasteiger partial charge in [-0.1, -0.05) is 29.3 Å². The Morgan fingerprint density at radius 2 is 2.12 bits per heavy atom. The van der Waals surface area contributed by atoms with Crippen LogP contribution in [0.25, 0.3) is 0 Å². The fourth-order valence-corrected chi connectivity index (χ4v) is 1.75. The summed E-state index contributed by atoms with van der Waals surface area (Å²) in [6, 6.07) is 4.34. The van der Waals surface area contributed by atoms with E-state index >= 15 is 0 Å². The first-order valence-electron chi connectivity index (χ1n) is 3.95. The van der Waals surface area contributed by atoms with Crippen molar-refractivity contribution in [1.82, 2.24) is 0 Å². The maximum Gasteiger partial charge on any atom is 0.284 e. The van der Waals surface area contributed by atoms with Crippen LogP contribution < -0.4 is 5.32 Å². The zero-order valence-corrected chi connectivity index (χ0v) is 11.3. The van der Waals surface area contributed by atoms with Gasteiger partial charge in [-0.3, -0.25) is 14.9 Å². The Morgan fingerprint density at radius 3 is 2.62 bits per heavy atom. The van der Waals surface area contributed by atoms with Crippen molar-refractivity contribution in [3.63, 3.8) is 0 Å². The van der Waals surface area contributed by atoms with E-state index in [1.807, 2.05) is 0 Å². The number of rotatable bonds is 3. The van der Waals surface area contributed by atoms with Crippen LogP contribution in [0.4, 0.5) is 11.4 Å².